The summed E-state index contributed by atoms with van der Waals surface area (Å²) in [5, 5.41) is 4.85. The van der Waals surface area contributed by atoms with E-state index in [-0.39, 0.29) is 23.8 Å². The Bertz CT molecular complexity index is 477. The second-order valence-corrected chi connectivity index (χ2v) is 5.78. The van der Waals surface area contributed by atoms with Gasteiger partial charge < -0.3 is 14.8 Å². The average Bonchev–Trinajstić information content (AvgIpc) is 2.95. The molecule has 0 radical (unpaired) electrons. The van der Waals surface area contributed by atoms with E-state index in [0.29, 0.717) is 10.6 Å². The number of hydrogen-bond acceptors (Lipinski definition) is 5. The van der Waals surface area contributed by atoms with E-state index in [0.717, 1.165) is 25.7 Å². The van der Waals surface area contributed by atoms with Crippen molar-refractivity contribution in [2.75, 3.05) is 14.2 Å². The molecule has 0 saturated heterocycles. The third kappa shape index (κ3) is 3.30. The van der Waals surface area contributed by atoms with Gasteiger partial charge in [0.15, 0.2) is 0 Å². The van der Waals surface area contributed by atoms with E-state index in [2.05, 4.69) is 5.32 Å². The van der Waals surface area contributed by atoms with Crippen molar-refractivity contribution in [2.24, 2.45) is 5.92 Å². The van der Waals surface area contributed by atoms with E-state index >= 15 is 0 Å². The smallest absolute Gasteiger partial charge is 0.308 e. The van der Waals surface area contributed by atoms with E-state index in [9.17, 15) is 9.59 Å². The second-order valence-electron chi connectivity index (χ2n) is 4.86. The van der Waals surface area contributed by atoms with Gasteiger partial charge in [-0.25, -0.2) is 0 Å². The van der Waals surface area contributed by atoms with Crippen molar-refractivity contribution in [2.45, 2.75) is 31.7 Å². The fourth-order valence-electron chi connectivity index (χ4n) is 2.51. The summed E-state index contributed by atoms with van der Waals surface area (Å²) in [7, 11) is 2.97. The van der Waals surface area contributed by atoms with Gasteiger partial charge in [0.05, 0.1) is 20.1 Å². The van der Waals surface area contributed by atoms with Crippen molar-refractivity contribution in [1.82, 2.24) is 5.32 Å². The van der Waals surface area contributed by atoms with Crippen molar-refractivity contribution >= 4 is 23.2 Å². The van der Waals surface area contributed by atoms with Crippen molar-refractivity contribution in [1.29, 1.82) is 0 Å². The molecule has 1 saturated carbocycles. The van der Waals surface area contributed by atoms with Crippen LogP contribution in [-0.2, 0) is 9.53 Å². The topological polar surface area (TPSA) is 64.6 Å². The predicted octanol–water partition coefficient (Wildman–Crippen LogP) is 2.22. The third-order valence-electron chi connectivity index (χ3n) is 3.65. The molecule has 5 nitrogen and oxygen atoms in total. The lowest BCUT2D eigenvalue weighted by molar-refractivity contribution is -0.146. The summed E-state index contributed by atoms with van der Waals surface area (Å²) in [6, 6.07) is 1.91. The molecule has 2 rings (SSSR count). The molecule has 20 heavy (non-hydrogen) atoms. The van der Waals surface area contributed by atoms with Crippen LogP contribution in [0.2, 0.25) is 0 Å². The van der Waals surface area contributed by atoms with Crippen LogP contribution in [0.3, 0.4) is 0 Å². The predicted molar refractivity (Wildman–Crippen MR) is 76.1 cm³/mol. The highest BCUT2D eigenvalue weighted by atomic mass is 32.1. The number of amides is 1. The molecule has 0 aliphatic heterocycles. The van der Waals surface area contributed by atoms with E-state index in [1.54, 1.807) is 13.2 Å². The monoisotopic (exact) mass is 297 g/mol. The van der Waals surface area contributed by atoms with Crippen molar-refractivity contribution in [3.63, 3.8) is 0 Å². The lowest BCUT2D eigenvalue weighted by Crippen LogP contribution is -2.38. The van der Waals surface area contributed by atoms with Crippen LogP contribution in [0.25, 0.3) is 0 Å². The fourth-order valence-corrected chi connectivity index (χ4v) is 3.28. The van der Waals surface area contributed by atoms with Gasteiger partial charge >= 0.3 is 5.97 Å². The Hall–Kier alpha value is -1.56. The lowest BCUT2D eigenvalue weighted by atomic mass is 9.86. The molecule has 1 N–H and O–H groups in total. The Labute approximate surface area is 122 Å². The molecule has 6 heteroatoms. The molecule has 1 heterocycles. The Morgan fingerprint density at radius 3 is 2.55 bits per heavy atom. The molecule has 1 fully saturated rings. The molecule has 0 bridgehead atoms. The van der Waals surface area contributed by atoms with Gasteiger partial charge in [0.2, 0.25) is 0 Å². The van der Waals surface area contributed by atoms with E-state index < -0.39 is 0 Å². The Balaban J connectivity index is 1.86. The maximum Gasteiger partial charge on any atom is 0.308 e. The minimum absolute atomic E-state index is 0.0237. The molecule has 1 aliphatic carbocycles. The molecule has 0 aromatic carbocycles. The largest absolute Gasteiger partial charge is 0.495 e. The number of esters is 1. The van der Waals surface area contributed by atoms with Crippen LogP contribution in [0.5, 0.6) is 5.75 Å². The first kappa shape index (κ1) is 14.8. The molecular formula is C14H19NO4S. The van der Waals surface area contributed by atoms with Crippen LogP contribution in [0.15, 0.2) is 11.4 Å². The van der Waals surface area contributed by atoms with Gasteiger partial charge in [0, 0.05) is 6.04 Å². The van der Waals surface area contributed by atoms with Crippen molar-refractivity contribution in [3.8, 4) is 5.75 Å². The zero-order valence-electron chi connectivity index (χ0n) is 11.7. The number of thiophene rings is 1. The minimum atomic E-state index is -0.144. The van der Waals surface area contributed by atoms with Gasteiger partial charge in [-0.2, -0.15) is 0 Å². The summed E-state index contributed by atoms with van der Waals surface area (Å²) in [5.41, 5.74) is 0. The Morgan fingerprint density at radius 1 is 1.25 bits per heavy atom. The van der Waals surface area contributed by atoms with Gasteiger partial charge in [0.25, 0.3) is 5.91 Å². The number of carbonyl (C=O) groups is 2. The van der Waals surface area contributed by atoms with Crippen LogP contribution in [0.4, 0.5) is 0 Å². The number of carbonyl (C=O) groups excluding carboxylic acids is 2. The molecule has 1 aromatic heterocycles. The van der Waals surface area contributed by atoms with Crippen LogP contribution in [0.1, 0.15) is 35.4 Å². The zero-order valence-corrected chi connectivity index (χ0v) is 12.5. The van der Waals surface area contributed by atoms with Crippen LogP contribution in [0, 0.1) is 5.92 Å². The van der Waals surface area contributed by atoms with E-state index in [1.807, 2.05) is 5.38 Å². The molecule has 1 amide bonds. The van der Waals surface area contributed by atoms with Gasteiger partial charge in [-0.05, 0) is 37.1 Å². The van der Waals surface area contributed by atoms with Crippen molar-refractivity contribution in [3.05, 3.63) is 16.3 Å². The molecule has 0 unspecified atom stereocenters. The highest BCUT2D eigenvalue weighted by molar-refractivity contribution is 7.12. The number of rotatable bonds is 4. The molecular weight excluding hydrogens is 278 g/mol. The van der Waals surface area contributed by atoms with Gasteiger partial charge in [-0.3, -0.25) is 9.59 Å². The Morgan fingerprint density at radius 2 is 1.95 bits per heavy atom. The summed E-state index contributed by atoms with van der Waals surface area (Å²) in [6.07, 6.45) is 3.14. The summed E-state index contributed by atoms with van der Waals surface area (Å²) >= 11 is 1.37. The molecule has 0 spiro atoms. The first-order valence-electron chi connectivity index (χ1n) is 6.66. The van der Waals surface area contributed by atoms with E-state index in [4.69, 9.17) is 9.47 Å². The number of hydrogen-bond donors (Lipinski definition) is 1. The molecule has 1 aliphatic rings. The summed E-state index contributed by atoms with van der Waals surface area (Å²) < 4.78 is 9.90. The lowest BCUT2D eigenvalue weighted by Gasteiger charge is -2.27. The summed E-state index contributed by atoms with van der Waals surface area (Å²) in [4.78, 5) is 24.2. The first-order chi connectivity index (χ1) is 9.65. The highest BCUT2D eigenvalue weighted by Gasteiger charge is 2.28. The highest BCUT2D eigenvalue weighted by Crippen LogP contribution is 2.27. The number of methoxy groups -OCH3 is 2. The Kier molecular flexibility index (Phi) is 5.00. The SMILES string of the molecule is COC(=O)C1CCC(NC(=O)c2sccc2OC)CC1. The number of ether oxygens (including phenoxy) is 2. The van der Waals surface area contributed by atoms with Gasteiger partial charge in [0.1, 0.15) is 10.6 Å². The molecule has 1 aromatic rings. The molecule has 0 atom stereocenters. The van der Waals surface area contributed by atoms with Crippen LogP contribution < -0.4 is 10.1 Å². The van der Waals surface area contributed by atoms with Crippen LogP contribution in [-0.4, -0.2) is 32.1 Å². The maximum absolute atomic E-state index is 12.2. The first-order valence-corrected chi connectivity index (χ1v) is 7.53. The standard InChI is InChI=1S/C14H19NO4S/c1-18-11-7-8-20-12(11)13(16)15-10-5-3-9(4-6-10)14(17)19-2/h7-10H,3-6H2,1-2H3,(H,15,16). The third-order valence-corrected chi connectivity index (χ3v) is 4.55. The maximum atomic E-state index is 12.2. The quantitative estimate of drug-likeness (QED) is 0.866. The van der Waals surface area contributed by atoms with Gasteiger partial charge in [-0.1, -0.05) is 0 Å². The van der Waals surface area contributed by atoms with Crippen LogP contribution >= 0.6 is 11.3 Å². The number of nitrogens with one attached hydrogen (secondary N) is 1. The average molecular weight is 297 g/mol. The normalized spacial score (nSPS) is 22.1. The minimum Gasteiger partial charge on any atom is -0.495 e. The summed E-state index contributed by atoms with van der Waals surface area (Å²) in [5.74, 6) is 0.341. The molecule has 110 valence electrons. The fraction of sp³-hybridized carbons (Fsp3) is 0.571. The zero-order chi connectivity index (χ0) is 14.5. The summed E-state index contributed by atoms with van der Waals surface area (Å²) in [6.45, 7) is 0. The second kappa shape index (κ2) is 6.74. The van der Waals surface area contributed by atoms with Gasteiger partial charge in [-0.15, -0.1) is 11.3 Å². The van der Waals surface area contributed by atoms with Crippen molar-refractivity contribution < 1.29 is 19.1 Å². The van der Waals surface area contributed by atoms with E-state index in [1.165, 1.54) is 18.4 Å².